The van der Waals surface area contributed by atoms with E-state index in [-0.39, 0.29) is 5.60 Å². The molecule has 2 aromatic rings. The standard InChI is InChI=1S/C21H34N4OS2/c1-6-8-12-27-20-23-18(22-10-9-11-25(4)5)17-15-13-21(3,7-2)26-14-16(15)28-19(17)24-20/h6-14H2,1-5H3,(H,22,23,24). The SMILES string of the molecule is CCCCSc1nc(NCCCN(C)C)c2c3c(sc2n1)COC(C)(CC)C3. The molecule has 156 valence electrons. The van der Waals surface area contributed by atoms with Crippen molar-refractivity contribution in [3.63, 3.8) is 0 Å². The van der Waals surface area contributed by atoms with Crippen LogP contribution in [0.25, 0.3) is 10.2 Å². The summed E-state index contributed by atoms with van der Waals surface area (Å²) in [6, 6.07) is 0. The van der Waals surface area contributed by atoms with E-state index < -0.39 is 0 Å². The van der Waals surface area contributed by atoms with E-state index in [0.717, 1.165) is 53.9 Å². The fraction of sp³-hybridized carbons (Fsp3) is 0.714. The Balaban J connectivity index is 1.91. The van der Waals surface area contributed by atoms with Crippen LogP contribution in [0.5, 0.6) is 0 Å². The Kier molecular flexibility index (Phi) is 7.59. The van der Waals surface area contributed by atoms with Gasteiger partial charge >= 0.3 is 0 Å². The molecule has 0 bridgehead atoms. The maximum atomic E-state index is 6.18. The van der Waals surface area contributed by atoms with Gasteiger partial charge in [0.1, 0.15) is 10.6 Å². The molecule has 3 heterocycles. The summed E-state index contributed by atoms with van der Waals surface area (Å²) in [5, 5.41) is 5.76. The van der Waals surface area contributed by atoms with Crippen molar-refractivity contribution in [2.45, 2.75) is 70.2 Å². The van der Waals surface area contributed by atoms with Crippen molar-refractivity contribution >= 4 is 39.1 Å². The Bertz CT molecular complexity index is 792. The highest BCUT2D eigenvalue weighted by Crippen LogP contribution is 2.42. The molecule has 1 aliphatic heterocycles. The monoisotopic (exact) mass is 422 g/mol. The Morgan fingerprint density at radius 1 is 1.25 bits per heavy atom. The summed E-state index contributed by atoms with van der Waals surface area (Å²) in [6.45, 7) is 9.34. The summed E-state index contributed by atoms with van der Waals surface area (Å²) < 4.78 is 6.18. The van der Waals surface area contributed by atoms with Gasteiger partial charge in [-0.3, -0.25) is 0 Å². The molecule has 0 saturated carbocycles. The summed E-state index contributed by atoms with van der Waals surface area (Å²) >= 11 is 3.56. The van der Waals surface area contributed by atoms with Crippen LogP contribution in [0.15, 0.2) is 5.16 Å². The highest BCUT2D eigenvalue weighted by Gasteiger charge is 2.33. The van der Waals surface area contributed by atoms with E-state index in [0.29, 0.717) is 6.61 Å². The summed E-state index contributed by atoms with van der Waals surface area (Å²) in [5.74, 6) is 2.09. The minimum Gasteiger partial charge on any atom is -0.369 e. The molecular formula is C21H34N4OS2. The molecule has 2 aromatic heterocycles. The number of hydrogen-bond acceptors (Lipinski definition) is 7. The average molecular weight is 423 g/mol. The lowest BCUT2D eigenvalue weighted by Gasteiger charge is -2.33. The van der Waals surface area contributed by atoms with E-state index in [1.54, 1.807) is 23.1 Å². The Hall–Kier alpha value is -0.890. The molecule has 0 saturated heterocycles. The number of thioether (sulfide) groups is 1. The maximum Gasteiger partial charge on any atom is 0.190 e. The van der Waals surface area contributed by atoms with Gasteiger partial charge < -0.3 is 15.0 Å². The van der Waals surface area contributed by atoms with Crippen LogP contribution in [0.1, 0.15) is 56.9 Å². The lowest BCUT2D eigenvalue weighted by Crippen LogP contribution is -2.34. The average Bonchev–Trinajstić information content (AvgIpc) is 3.02. The van der Waals surface area contributed by atoms with Crippen molar-refractivity contribution in [2.24, 2.45) is 0 Å². The van der Waals surface area contributed by atoms with E-state index in [4.69, 9.17) is 14.7 Å². The molecule has 0 spiro atoms. The van der Waals surface area contributed by atoms with Crippen LogP contribution in [0, 0.1) is 0 Å². The van der Waals surface area contributed by atoms with E-state index in [2.05, 4.69) is 45.1 Å². The summed E-state index contributed by atoms with van der Waals surface area (Å²) in [4.78, 5) is 14.5. The van der Waals surface area contributed by atoms with Gasteiger partial charge in [-0.15, -0.1) is 11.3 Å². The number of aromatic nitrogens is 2. The number of anilines is 1. The molecule has 0 fully saturated rings. The minimum atomic E-state index is -0.0856. The molecule has 1 unspecified atom stereocenters. The number of rotatable bonds is 10. The second-order valence-electron chi connectivity index (χ2n) is 8.09. The molecule has 1 N–H and O–H groups in total. The molecule has 3 rings (SSSR count). The molecule has 28 heavy (non-hydrogen) atoms. The van der Waals surface area contributed by atoms with Crippen molar-refractivity contribution in [2.75, 3.05) is 38.3 Å². The topological polar surface area (TPSA) is 50.3 Å². The zero-order valence-electron chi connectivity index (χ0n) is 17.9. The Labute approximate surface area is 177 Å². The van der Waals surface area contributed by atoms with Crippen molar-refractivity contribution in [1.29, 1.82) is 0 Å². The van der Waals surface area contributed by atoms with Crippen LogP contribution in [0.2, 0.25) is 0 Å². The quantitative estimate of drug-likeness (QED) is 0.323. The first-order valence-electron chi connectivity index (χ1n) is 10.4. The largest absolute Gasteiger partial charge is 0.369 e. The number of nitrogens with zero attached hydrogens (tertiary/aromatic N) is 3. The van der Waals surface area contributed by atoms with Gasteiger partial charge in [-0.1, -0.05) is 32.0 Å². The molecule has 7 heteroatoms. The predicted molar refractivity (Wildman–Crippen MR) is 122 cm³/mol. The van der Waals surface area contributed by atoms with E-state index in [1.807, 2.05) is 0 Å². The molecule has 1 aliphatic rings. The van der Waals surface area contributed by atoms with E-state index >= 15 is 0 Å². The third-order valence-corrected chi connectivity index (χ3v) is 7.40. The molecule has 1 atom stereocenters. The zero-order chi connectivity index (χ0) is 20.1. The normalized spacial score (nSPS) is 19.4. The smallest absolute Gasteiger partial charge is 0.190 e. The van der Waals surface area contributed by atoms with Gasteiger partial charge in [-0.05, 0) is 52.4 Å². The van der Waals surface area contributed by atoms with Crippen LogP contribution < -0.4 is 5.32 Å². The maximum absolute atomic E-state index is 6.18. The van der Waals surface area contributed by atoms with Crippen molar-refractivity contribution in [1.82, 2.24) is 14.9 Å². The summed E-state index contributed by atoms with van der Waals surface area (Å²) in [5.41, 5.74) is 1.31. The number of unbranched alkanes of at least 4 members (excludes halogenated alkanes) is 1. The molecule has 0 radical (unpaired) electrons. The lowest BCUT2D eigenvalue weighted by atomic mass is 9.90. The fourth-order valence-electron chi connectivity index (χ4n) is 3.38. The molecular weight excluding hydrogens is 388 g/mol. The van der Waals surface area contributed by atoms with Crippen LogP contribution in [-0.4, -0.2) is 53.4 Å². The first-order chi connectivity index (χ1) is 13.5. The number of thiophene rings is 1. The molecule has 0 aromatic carbocycles. The van der Waals surface area contributed by atoms with Gasteiger partial charge in [0.05, 0.1) is 17.6 Å². The molecule has 0 amide bonds. The van der Waals surface area contributed by atoms with Gasteiger partial charge in [0.25, 0.3) is 0 Å². The van der Waals surface area contributed by atoms with Crippen molar-refractivity contribution in [3.8, 4) is 0 Å². The third-order valence-electron chi connectivity index (χ3n) is 5.37. The van der Waals surface area contributed by atoms with Crippen LogP contribution in [0.4, 0.5) is 5.82 Å². The first-order valence-corrected chi connectivity index (χ1v) is 12.2. The van der Waals surface area contributed by atoms with Crippen LogP contribution in [0.3, 0.4) is 0 Å². The lowest BCUT2D eigenvalue weighted by molar-refractivity contribution is -0.0542. The van der Waals surface area contributed by atoms with E-state index in [1.165, 1.54) is 28.7 Å². The minimum absolute atomic E-state index is 0.0856. The van der Waals surface area contributed by atoms with Crippen molar-refractivity contribution in [3.05, 3.63) is 10.4 Å². The third kappa shape index (κ3) is 5.17. The van der Waals surface area contributed by atoms with E-state index in [9.17, 15) is 0 Å². The van der Waals surface area contributed by atoms with Gasteiger partial charge in [0, 0.05) is 23.6 Å². The van der Waals surface area contributed by atoms with Crippen molar-refractivity contribution < 1.29 is 4.74 Å². The van der Waals surface area contributed by atoms with Gasteiger partial charge in [-0.25, -0.2) is 9.97 Å². The second kappa shape index (κ2) is 9.74. The number of nitrogens with one attached hydrogen (secondary N) is 1. The summed E-state index contributed by atoms with van der Waals surface area (Å²) in [7, 11) is 4.23. The van der Waals surface area contributed by atoms with Crippen LogP contribution >= 0.6 is 23.1 Å². The summed E-state index contributed by atoms with van der Waals surface area (Å²) in [6.07, 6.45) is 5.45. The van der Waals surface area contributed by atoms with Gasteiger partial charge in [0.2, 0.25) is 0 Å². The van der Waals surface area contributed by atoms with Crippen LogP contribution in [-0.2, 0) is 17.8 Å². The van der Waals surface area contributed by atoms with Gasteiger partial charge in [0.15, 0.2) is 5.16 Å². The Morgan fingerprint density at radius 3 is 2.79 bits per heavy atom. The number of fused-ring (bicyclic) bond motifs is 3. The first kappa shape index (κ1) is 21.8. The fourth-order valence-corrected chi connectivity index (χ4v) is 5.47. The highest BCUT2D eigenvalue weighted by atomic mass is 32.2. The Morgan fingerprint density at radius 2 is 2.07 bits per heavy atom. The number of ether oxygens (including phenoxy) is 1. The van der Waals surface area contributed by atoms with Gasteiger partial charge in [-0.2, -0.15) is 0 Å². The number of hydrogen-bond donors (Lipinski definition) is 1. The highest BCUT2D eigenvalue weighted by molar-refractivity contribution is 7.99. The predicted octanol–water partition coefficient (Wildman–Crippen LogP) is 5.19. The second-order valence-corrected chi connectivity index (χ2v) is 10.2. The zero-order valence-corrected chi connectivity index (χ0v) is 19.6. The molecule has 0 aliphatic carbocycles. The molecule has 5 nitrogen and oxygen atoms in total.